The smallest absolute Gasteiger partial charge is 0.374 e. The molecule has 0 N–H and O–H groups in total. The third kappa shape index (κ3) is 5.68. The topological polar surface area (TPSA) is 27.7 Å². The van der Waals surface area contributed by atoms with Crippen molar-refractivity contribution in [2.24, 2.45) is 5.92 Å². The van der Waals surface area contributed by atoms with Crippen LogP contribution < -0.4 is 0 Å². The maximum absolute atomic E-state index is 5.90. The second kappa shape index (κ2) is 9.72. The second-order valence-corrected chi connectivity index (χ2v) is 8.21. The summed E-state index contributed by atoms with van der Waals surface area (Å²) in [4.78, 5) is 0. The zero-order valence-electron chi connectivity index (χ0n) is 13.6. The summed E-state index contributed by atoms with van der Waals surface area (Å²) in [5.41, 5.74) is 1.38. The van der Waals surface area contributed by atoms with Gasteiger partial charge in [0.2, 0.25) is 0 Å². The van der Waals surface area contributed by atoms with Gasteiger partial charge in [0.25, 0.3) is 0 Å². The summed E-state index contributed by atoms with van der Waals surface area (Å²) in [5.74, 6) is 0.709. The van der Waals surface area contributed by atoms with Crippen LogP contribution in [0.1, 0.15) is 59.3 Å². The zero-order valence-corrected chi connectivity index (χ0v) is 14.6. The first-order valence-electron chi connectivity index (χ1n) is 8.27. The van der Waals surface area contributed by atoms with Gasteiger partial charge in [-0.05, 0) is 46.0 Å². The van der Waals surface area contributed by atoms with Crippen molar-refractivity contribution in [3.05, 3.63) is 12.2 Å². The molecular formula is C16H32O3Si. The lowest BCUT2D eigenvalue weighted by molar-refractivity contribution is 0.0712. The molecule has 0 saturated heterocycles. The fourth-order valence-corrected chi connectivity index (χ4v) is 5.66. The van der Waals surface area contributed by atoms with Gasteiger partial charge in [0.05, 0.1) is 0 Å². The molecule has 1 aliphatic carbocycles. The Kier molecular flexibility index (Phi) is 8.69. The fraction of sp³-hybridized carbons (Fsp3) is 0.875. The Balaban J connectivity index is 2.52. The molecule has 4 heteroatoms. The molecule has 0 radical (unpaired) electrons. The van der Waals surface area contributed by atoms with Crippen molar-refractivity contribution in [1.29, 1.82) is 0 Å². The van der Waals surface area contributed by atoms with E-state index >= 15 is 0 Å². The second-order valence-electron chi connectivity index (χ2n) is 5.48. The van der Waals surface area contributed by atoms with Gasteiger partial charge < -0.3 is 13.3 Å². The highest BCUT2D eigenvalue weighted by Crippen LogP contribution is 2.32. The minimum atomic E-state index is -2.48. The van der Waals surface area contributed by atoms with E-state index in [0.29, 0.717) is 25.7 Å². The van der Waals surface area contributed by atoms with Gasteiger partial charge in [-0.3, -0.25) is 0 Å². The summed E-state index contributed by atoms with van der Waals surface area (Å²) in [6, 6.07) is 0.873. The van der Waals surface area contributed by atoms with Crippen LogP contribution in [-0.2, 0) is 13.3 Å². The van der Waals surface area contributed by atoms with Crippen LogP contribution in [0.5, 0.6) is 0 Å². The summed E-state index contributed by atoms with van der Waals surface area (Å²) < 4.78 is 17.7. The lowest BCUT2D eigenvalue weighted by Gasteiger charge is -2.30. The largest absolute Gasteiger partial charge is 0.501 e. The van der Waals surface area contributed by atoms with Gasteiger partial charge in [-0.1, -0.05) is 31.4 Å². The first kappa shape index (κ1) is 17.9. The van der Waals surface area contributed by atoms with E-state index in [1.807, 2.05) is 20.8 Å². The van der Waals surface area contributed by atoms with Gasteiger partial charge in [0.15, 0.2) is 0 Å². The average Bonchev–Trinajstić information content (AvgIpc) is 2.46. The van der Waals surface area contributed by atoms with Crippen LogP contribution in [0.2, 0.25) is 6.04 Å². The highest BCUT2D eigenvalue weighted by molar-refractivity contribution is 6.60. The summed E-state index contributed by atoms with van der Waals surface area (Å²) in [6.07, 6.45) is 7.70. The van der Waals surface area contributed by atoms with E-state index in [4.69, 9.17) is 13.3 Å². The molecule has 1 rings (SSSR count). The molecular weight excluding hydrogens is 268 g/mol. The molecule has 0 unspecified atom stereocenters. The molecule has 0 bridgehead atoms. The van der Waals surface area contributed by atoms with Crippen molar-refractivity contribution in [2.45, 2.75) is 65.3 Å². The van der Waals surface area contributed by atoms with Crippen LogP contribution >= 0.6 is 0 Å². The minimum absolute atomic E-state index is 0.655. The van der Waals surface area contributed by atoms with Crippen LogP contribution in [0.4, 0.5) is 0 Å². The third-order valence-electron chi connectivity index (χ3n) is 4.03. The number of allylic oxidation sites excluding steroid dienone is 1. The van der Waals surface area contributed by atoms with E-state index in [0.717, 1.165) is 12.5 Å². The van der Waals surface area contributed by atoms with Crippen molar-refractivity contribution < 1.29 is 13.3 Å². The van der Waals surface area contributed by atoms with E-state index in [1.54, 1.807) is 0 Å². The molecule has 1 fully saturated rings. The Morgan fingerprint density at radius 3 is 1.90 bits per heavy atom. The van der Waals surface area contributed by atoms with Gasteiger partial charge in [-0.15, -0.1) is 0 Å². The summed E-state index contributed by atoms with van der Waals surface area (Å²) in [5, 5.41) is 0. The predicted molar refractivity (Wildman–Crippen MR) is 85.8 cm³/mol. The van der Waals surface area contributed by atoms with E-state index in [2.05, 4.69) is 6.58 Å². The summed E-state index contributed by atoms with van der Waals surface area (Å²) in [7, 11) is -2.48. The van der Waals surface area contributed by atoms with Crippen molar-refractivity contribution in [3.63, 3.8) is 0 Å². The van der Waals surface area contributed by atoms with E-state index in [9.17, 15) is 0 Å². The van der Waals surface area contributed by atoms with Crippen LogP contribution in [0.3, 0.4) is 0 Å². The molecule has 0 atom stereocenters. The first-order valence-corrected chi connectivity index (χ1v) is 10.2. The molecule has 0 aromatic rings. The lowest BCUT2D eigenvalue weighted by Crippen LogP contribution is -2.46. The lowest BCUT2D eigenvalue weighted by atomic mass is 9.83. The first-order chi connectivity index (χ1) is 9.67. The van der Waals surface area contributed by atoms with Crippen LogP contribution in [0.15, 0.2) is 12.2 Å². The fourth-order valence-electron chi connectivity index (χ4n) is 3.03. The maximum atomic E-state index is 5.90. The minimum Gasteiger partial charge on any atom is -0.374 e. The summed E-state index contributed by atoms with van der Waals surface area (Å²) >= 11 is 0. The number of hydrogen-bond donors (Lipinski definition) is 0. The quantitative estimate of drug-likeness (QED) is 0.437. The van der Waals surface area contributed by atoms with E-state index in [-0.39, 0.29) is 0 Å². The molecule has 0 spiro atoms. The Bertz CT molecular complexity index is 258. The standard InChI is InChI=1S/C16H32O3Si/c1-5-17-20(18-6-2,19-7-3)14-13-15(4)16-11-9-8-10-12-16/h16H,4-14H2,1-3H3. The molecule has 0 aliphatic heterocycles. The van der Waals surface area contributed by atoms with Gasteiger partial charge in [-0.25, -0.2) is 0 Å². The Labute approximate surface area is 126 Å². The normalized spacial score (nSPS) is 17.4. The van der Waals surface area contributed by atoms with Gasteiger partial charge in [-0.2, -0.15) is 0 Å². The van der Waals surface area contributed by atoms with Crippen LogP contribution in [0, 0.1) is 5.92 Å². The molecule has 0 aromatic carbocycles. The van der Waals surface area contributed by atoms with Gasteiger partial charge in [0, 0.05) is 25.9 Å². The van der Waals surface area contributed by atoms with Gasteiger partial charge >= 0.3 is 8.80 Å². The van der Waals surface area contributed by atoms with Crippen molar-refractivity contribution >= 4 is 8.80 Å². The Morgan fingerprint density at radius 1 is 0.950 bits per heavy atom. The molecule has 0 amide bonds. The molecule has 3 nitrogen and oxygen atoms in total. The van der Waals surface area contributed by atoms with E-state index < -0.39 is 8.80 Å². The molecule has 20 heavy (non-hydrogen) atoms. The predicted octanol–water partition coefficient (Wildman–Crippen LogP) is 4.56. The van der Waals surface area contributed by atoms with Gasteiger partial charge in [0.1, 0.15) is 0 Å². The SMILES string of the molecule is C=C(CC[Si](OCC)(OCC)OCC)C1CCCCC1. The van der Waals surface area contributed by atoms with Crippen molar-refractivity contribution in [1.82, 2.24) is 0 Å². The highest BCUT2D eigenvalue weighted by Gasteiger charge is 2.40. The molecule has 1 aliphatic rings. The molecule has 1 saturated carbocycles. The van der Waals surface area contributed by atoms with Crippen LogP contribution in [-0.4, -0.2) is 28.6 Å². The average molecular weight is 301 g/mol. The van der Waals surface area contributed by atoms with E-state index in [1.165, 1.54) is 37.7 Å². The van der Waals surface area contributed by atoms with Crippen LogP contribution in [0.25, 0.3) is 0 Å². The highest BCUT2D eigenvalue weighted by atomic mass is 28.4. The zero-order chi connectivity index (χ0) is 14.8. The Hall–Kier alpha value is -0.163. The Morgan fingerprint density at radius 2 is 1.45 bits per heavy atom. The number of rotatable bonds is 10. The molecule has 0 aromatic heterocycles. The van der Waals surface area contributed by atoms with Crippen molar-refractivity contribution in [2.75, 3.05) is 19.8 Å². The maximum Gasteiger partial charge on any atom is 0.501 e. The summed E-state index contributed by atoms with van der Waals surface area (Å²) in [6.45, 7) is 12.3. The molecule has 118 valence electrons. The number of hydrogen-bond acceptors (Lipinski definition) is 3. The molecule has 0 heterocycles. The van der Waals surface area contributed by atoms with Crippen molar-refractivity contribution in [3.8, 4) is 0 Å². The third-order valence-corrected chi connectivity index (χ3v) is 7.08. The monoisotopic (exact) mass is 300 g/mol.